The van der Waals surface area contributed by atoms with Gasteiger partial charge in [-0.25, -0.2) is 4.98 Å². The Hall–Kier alpha value is -2.18. The third-order valence-electron chi connectivity index (χ3n) is 5.62. The molecule has 0 saturated carbocycles. The minimum absolute atomic E-state index is 0.0524. The lowest BCUT2D eigenvalue weighted by Gasteiger charge is -2.35. The molecule has 1 amide bonds. The van der Waals surface area contributed by atoms with Crippen LogP contribution in [0.2, 0.25) is 0 Å². The average molecular weight is 369 g/mol. The van der Waals surface area contributed by atoms with E-state index in [0.29, 0.717) is 19.0 Å². The number of oxazole rings is 1. The zero-order chi connectivity index (χ0) is 18.5. The second-order valence-corrected chi connectivity index (χ2v) is 7.36. The first-order chi connectivity index (χ1) is 13.3. The molecule has 0 atom stereocenters. The second kappa shape index (κ2) is 8.67. The van der Waals surface area contributed by atoms with E-state index >= 15 is 0 Å². The predicted molar refractivity (Wildman–Crippen MR) is 101 cm³/mol. The molecule has 2 aliphatic heterocycles. The molecule has 1 fully saturated rings. The van der Waals surface area contributed by atoms with Crippen molar-refractivity contribution in [1.29, 1.82) is 0 Å². The van der Waals surface area contributed by atoms with Crippen LogP contribution < -0.4 is 0 Å². The van der Waals surface area contributed by atoms with Crippen molar-refractivity contribution in [2.24, 2.45) is 0 Å². The van der Waals surface area contributed by atoms with Crippen LogP contribution >= 0.6 is 0 Å². The summed E-state index contributed by atoms with van der Waals surface area (Å²) in [5.74, 6) is 0.275. The molecular weight excluding hydrogens is 342 g/mol. The molecule has 6 heteroatoms. The largest absolute Gasteiger partial charge is 0.438 e. The summed E-state index contributed by atoms with van der Waals surface area (Å²) in [6.45, 7) is 5.26. The second-order valence-electron chi connectivity index (χ2n) is 7.36. The Labute approximate surface area is 160 Å². The first kappa shape index (κ1) is 18.2. The number of fused-ring (bicyclic) bond motifs is 1. The van der Waals surface area contributed by atoms with E-state index in [-0.39, 0.29) is 11.9 Å². The van der Waals surface area contributed by atoms with Crippen LogP contribution in [0.1, 0.15) is 40.9 Å². The molecule has 1 saturated heterocycles. The number of benzene rings is 1. The lowest BCUT2D eigenvalue weighted by molar-refractivity contribution is 0.0261. The Morgan fingerprint density at radius 2 is 2.04 bits per heavy atom. The van der Waals surface area contributed by atoms with Gasteiger partial charge in [-0.2, -0.15) is 0 Å². The number of rotatable bonds is 6. The van der Waals surface area contributed by atoms with E-state index in [1.165, 1.54) is 23.7 Å². The van der Waals surface area contributed by atoms with E-state index in [2.05, 4.69) is 34.1 Å². The van der Waals surface area contributed by atoms with E-state index in [1.807, 2.05) is 4.90 Å². The average Bonchev–Trinajstić information content (AvgIpc) is 3.26. The third-order valence-corrected chi connectivity index (χ3v) is 5.62. The van der Waals surface area contributed by atoms with Crippen LogP contribution in [0.3, 0.4) is 0 Å². The number of nitrogens with zero attached hydrogens (tertiary/aromatic N) is 3. The third kappa shape index (κ3) is 4.39. The van der Waals surface area contributed by atoms with Gasteiger partial charge in [0, 0.05) is 45.4 Å². The summed E-state index contributed by atoms with van der Waals surface area (Å²) in [6.07, 6.45) is 6.67. The molecule has 27 heavy (non-hydrogen) atoms. The van der Waals surface area contributed by atoms with Gasteiger partial charge in [-0.15, -0.1) is 0 Å². The summed E-state index contributed by atoms with van der Waals surface area (Å²) in [6, 6.07) is 8.91. The zero-order valence-corrected chi connectivity index (χ0v) is 15.7. The van der Waals surface area contributed by atoms with Crippen LogP contribution in [0.5, 0.6) is 0 Å². The quantitative estimate of drug-likeness (QED) is 0.784. The number of carbonyl (C=O) groups is 1. The minimum Gasteiger partial charge on any atom is -0.438 e. The Morgan fingerprint density at radius 1 is 1.22 bits per heavy atom. The maximum atomic E-state index is 12.9. The molecule has 2 aromatic rings. The fraction of sp³-hybridized carbons (Fsp3) is 0.524. The maximum absolute atomic E-state index is 12.9. The van der Waals surface area contributed by atoms with Crippen LogP contribution in [0.4, 0.5) is 0 Å². The molecule has 0 radical (unpaired) electrons. The van der Waals surface area contributed by atoms with Gasteiger partial charge < -0.3 is 14.1 Å². The van der Waals surface area contributed by atoms with Crippen molar-refractivity contribution in [1.82, 2.24) is 14.8 Å². The molecule has 4 rings (SSSR count). The molecule has 0 bridgehead atoms. The number of aromatic nitrogens is 1. The van der Waals surface area contributed by atoms with Gasteiger partial charge in [0.2, 0.25) is 5.76 Å². The van der Waals surface area contributed by atoms with Crippen molar-refractivity contribution in [2.75, 3.05) is 32.8 Å². The monoisotopic (exact) mass is 369 g/mol. The van der Waals surface area contributed by atoms with Gasteiger partial charge in [0.25, 0.3) is 5.91 Å². The van der Waals surface area contributed by atoms with Crippen LogP contribution in [0, 0.1) is 0 Å². The van der Waals surface area contributed by atoms with E-state index in [9.17, 15) is 4.79 Å². The first-order valence-electron chi connectivity index (χ1n) is 9.87. The van der Waals surface area contributed by atoms with Gasteiger partial charge in [-0.05, 0) is 36.8 Å². The summed E-state index contributed by atoms with van der Waals surface area (Å²) < 4.78 is 10.7. The van der Waals surface area contributed by atoms with Crippen molar-refractivity contribution in [2.45, 2.75) is 38.3 Å². The van der Waals surface area contributed by atoms with Crippen LogP contribution in [0.15, 0.2) is 41.3 Å². The standard InChI is InChI=1S/C21H27N3O3/c25-21(20-14-22-16-27-20)24(19-7-12-26-13-8-19)10-3-9-23-11-6-17-4-1-2-5-18(17)15-23/h1-2,4-5,14,16,19H,3,6-13,15H2. The van der Waals surface area contributed by atoms with Crippen LogP contribution in [0.25, 0.3) is 0 Å². The molecule has 0 N–H and O–H groups in total. The summed E-state index contributed by atoms with van der Waals surface area (Å²) in [5.41, 5.74) is 2.90. The summed E-state index contributed by atoms with van der Waals surface area (Å²) in [4.78, 5) is 21.3. The highest BCUT2D eigenvalue weighted by molar-refractivity contribution is 5.91. The van der Waals surface area contributed by atoms with Gasteiger partial charge in [0.05, 0.1) is 6.20 Å². The highest BCUT2D eigenvalue weighted by Crippen LogP contribution is 2.20. The molecule has 0 aliphatic carbocycles. The number of carbonyl (C=O) groups excluding carboxylic acids is 1. The van der Waals surface area contributed by atoms with Gasteiger partial charge in [0.15, 0.2) is 6.39 Å². The summed E-state index contributed by atoms with van der Waals surface area (Å²) in [7, 11) is 0. The normalized spacial score (nSPS) is 18.2. The van der Waals surface area contributed by atoms with Crippen molar-refractivity contribution >= 4 is 5.91 Å². The summed E-state index contributed by atoms with van der Waals surface area (Å²) in [5, 5.41) is 0. The number of hydrogen-bond acceptors (Lipinski definition) is 5. The number of amides is 1. The Balaban J connectivity index is 1.35. The molecule has 2 aliphatic rings. The van der Waals surface area contributed by atoms with Crippen molar-refractivity contribution in [3.63, 3.8) is 0 Å². The highest BCUT2D eigenvalue weighted by Gasteiger charge is 2.28. The number of ether oxygens (including phenoxy) is 1. The smallest absolute Gasteiger partial charge is 0.291 e. The van der Waals surface area contributed by atoms with E-state index < -0.39 is 0 Å². The van der Waals surface area contributed by atoms with E-state index in [1.54, 1.807) is 0 Å². The SMILES string of the molecule is O=C(c1cnco1)N(CCCN1CCc2ccccc2C1)C1CCOCC1. The minimum atomic E-state index is -0.0524. The Kier molecular flexibility index (Phi) is 5.84. The first-order valence-corrected chi connectivity index (χ1v) is 9.87. The van der Waals surface area contributed by atoms with Gasteiger partial charge >= 0.3 is 0 Å². The fourth-order valence-corrected chi connectivity index (χ4v) is 4.12. The molecule has 0 unspecified atom stereocenters. The molecular formula is C21H27N3O3. The van der Waals surface area contributed by atoms with E-state index in [4.69, 9.17) is 9.15 Å². The molecule has 3 heterocycles. The maximum Gasteiger partial charge on any atom is 0.291 e. The van der Waals surface area contributed by atoms with Crippen molar-refractivity contribution < 1.29 is 13.9 Å². The van der Waals surface area contributed by atoms with Gasteiger partial charge in [-0.3, -0.25) is 9.69 Å². The predicted octanol–water partition coefficient (Wildman–Crippen LogP) is 2.74. The molecule has 6 nitrogen and oxygen atoms in total. The van der Waals surface area contributed by atoms with Gasteiger partial charge in [-0.1, -0.05) is 24.3 Å². The molecule has 1 aromatic carbocycles. The molecule has 144 valence electrons. The van der Waals surface area contributed by atoms with Crippen LogP contribution in [-0.2, 0) is 17.7 Å². The number of hydrogen-bond donors (Lipinski definition) is 0. The van der Waals surface area contributed by atoms with Crippen molar-refractivity contribution in [3.8, 4) is 0 Å². The fourth-order valence-electron chi connectivity index (χ4n) is 4.12. The topological polar surface area (TPSA) is 58.8 Å². The van der Waals surface area contributed by atoms with Crippen LogP contribution in [-0.4, -0.2) is 59.6 Å². The zero-order valence-electron chi connectivity index (χ0n) is 15.7. The van der Waals surface area contributed by atoms with E-state index in [0.717, 1.165) is 51.9 Å². The molecule has 1 aromatic heterocycles. The Morgan fingerprint density at radius 3 is 2.81 bits per heavy atom. The lowest BCUT2D eigenvalue weighted by atomic mass is 10.00. The van der Waals surface area contributed by atoms with Crippen molar-refractivity contribution in [3.05, 3.63) is 53.7 Å². The van der Waals surface area contributed by atoms with Gasteiger partial charge in [0.1, 0.15) is 0 Å². The summed E-state index contributed by atoms with van der Waals surface area (Å²) >= 11 is 0. The lowest BCUT2D eigenvalue weighted by Crippen LogP contribution is -2.44. The highest BCUT2D eigenvalue weighted by atomic mass is 16.5. The Bertz CT molecular complexity index is 741. The molecule has 0 spiro atoms.